The molecule has 14 nitrogen and oxygen atoms in total. The molecule has 2 aliphatic heterocycles. The van der Waals surface area contributed by atoms with Gasteiger partial charge in [-0.15, -0.1) is 0 Å². The Kier molecular flexibility index (Phi) is 19.2. The van der Waals surface area contributed by atoms with Gasteiger partial charge in [0, 0.05) is 0 Å². The summed E-state index contributed by atoms with van der Waals surface area (Å²) in [7, 11) is 0. The maximum Gasteiger partial charge on any atom is 0.317 e. The van der Waals surface area contributed by atoms with Crippen molar-refractivity contribution in [2.24, 2.45) is 0 Å². The number of rotatable bonds is 4. The number of hydrogen-bond donors (Lipinski definition) is 0. The summed E-state index contributed by atoms with van der Waals surface area (Å²) in [5, 5.41) is 0. The molecule has 0 bridgehead atoms. The zero-order valence-electron chi connectivity index (χ0n) is 33.0. The minimum absolute atomic E-state index is 0.0606. The van der Waals surface area contributed by atoms with E-state index in [0.29, 0.717) is 52.9 Å². The molecule has 0 aromatic heterocycles. The third kappa shape index (κ3) is 15.0. The molecule has 316 valence electrons. The maximum atomic E-state index is 13.4. The highest BCUT2D eigenvalue weighted by Gasteiger charge is 2.34. The maximum absolute atomic E-state index is 13.4. The Morgan fingerprint density at radius 3 is 0.836 bits per heavy atom. The van der Waals surface area contributed by atoms with Crippen LogP contribution in [0.4, 0.5) is 0 Å². The van der Waals surface area contributed by atoms with Crippen LogP contribution in [0.1, 0.15) is 109 Å². The second-order valence-corrected chi connectivity index (χ2v) is 15.9. The molecule has 4 saturated carbocycles. The van der Waals surface area contributed by atoms with E-state index in [1.807, 2.05) is 0 Å². The van der Waals surface area contributed by atoms with Crippen LogP contribution in [0.15, 0.2) is 0 Å². The van der Waals surface area contributed by atoms with E-state index in [1.54, 1.807) is 0 Å². The van der Waals surface area contributed by atoms with Crippen LogP contribution in [-0.4, -0.2) is 152 Å². The molecule has 0 aromatic carbocycles. The van der Waals surface area contributed by atoms with Gasteiger partial charge in [0.2, 0.25) is 0 Å². The lowest BCUT2D eigenvalue weighted by Crippen LogP contribution is -2.42. The van der Waals surface area contributed by atoms with Gasteiger partial charge in [-0.3, -0.25) is 9.59 Å². The van der Waals surface area contributed by atoms with Crippen molar-refractivity contribution in [2.75, 3.05) is 79.3 Å². The van der Waals surface area contributed by atoms with Gasteiger partial charge in [-0.05, 0) is 51.4 Å². The standard InChI is InChI=1S/C41H68O14/c42-40(54-30-26-50-36-13-5-1-9-32(36)46-21-17-44-18-22-47-33-10-2-6-14-37(33)51-27-30)25-41(43)55-31-28-52-38-15-7-3-11-34(38)48-23-19-45-20-24-49-35-12-4-8-16-39(35)53-29-31/h30-39H,1-29H2. The number of esters is 2. The molecule has 0 radical (unpaired) electrons. The molecular formula is C41H68O14. The smallest absolute Gasteiger partial charge is 0.317 e. The third-order valence-electron chi connectivity index (χ3n) is 11.7. The van der Waals surface area contributed by atoms with Gasteiger partial charge in [-0.25, -0.2) is 0 Å². The number of hydrogen-bond acceptors (Lipinski definition) is 14. The number of fused-ring (bicyclic) bond motifs is 4. The number of carbonyl (C=O) groups is 2. The van der Waals surface area contributed by atoms with Crippen LogP contribution in [0.3, 0.4) is 0 Å². The topological polar surface area (TPSA) is 145 Å². The summed E-state index contributed by atoms with van der Waals surface area (Å²) in [6, 6.07) is 0. The second-order valence-electron chi connectivity index (χ2n) is 15.9. The van der Waals surface area contributed by atoms with Gasteiger partial charge < -0.3 is 56.8 Å². The van der Waals surface area contributed by atoms with Crippen LogP contribution in [-0.2, 0) is 66.4 Å². The molecule has 8 atom stereocenters. The van der Waals surface area contributed by atoms with Crippen LogP contribution in [0.2, 0.25) is 0 Å². The fourth-order valence-electron chi connectivity index (χ4n) is 8.74. The van der Waals surface area contributed by atoms with Gasteiger partial charge in [0.05, 0.1) is 128 Å². The van der Waals surface area contributed by atoms with Gasteiger partial charge in [0.25, 0.3) is 0 Å². The molecular weight excluding hydrogens is 716 g/mol. The number of ether oxygens (including phenoxy) is 12. The average Bonchev–Trinajstić information content (AvgIpc) is 3.20. The van der Waals surface area contributed by atoms with Crippen LogP contribution >= 0.6 is 0 Å². The molecule has 8 unspecified atom stereocenters. The zero-order chi connectivity index (χ0) is 37.9. The lowest BCUT2D eigenvalue weighted by molar-refractivity contribution is -0.181. The van der Waals surface area contributed by atoms with Crippen LogP contribution < -0.4 is 0 Å². The molecule has 0 amide bonds. The van der Waals surface area contributed by atoms with Crippen molar-refractivity contribution >= 4 is 11.9 Å². The summed E-state index contributed by atoms with van der Waals surface area (Å²) < 4.78 is 73.6. The van der Waals surface area contributed by atoms with Gasteiger partial charge in [-0.2, -0.15) is 0 Å². The molecule has 6 fully saturated rings. The first kappa shape index (κ1) is 43.1. The molecule has 4 aliphatic carbocycles. The summed E-state index contributed by atoms with van der Waals surface area (Å²) in [6.07, 6.45) is 12.8. The fraction of sp³-hybridized carbons (Fsp3) is 0.951. The van der Waals surface area contributed by atoms with Crippen molar-refractivity contribution in [1.82, 2.24) is 0 Å². The Balaban J connectivity index is 1.06. The van der Waals surface area contributed by atoms with E-state index in [-0.39, 0.29) is 75.3 Å². The minimum Gasteiger partial charge on any atom is -0.457 e. The Hall–Kier alpha value is -1.46. The van der Waals surface area contributed by atoms with E-state index in [1.165, 1.54) is 0 Å². The van der Waals surface area contributed by atoms with E-state index < -0.39 is 30.6 Å². The van der Waals surface area contributed by atoms with E-state index in [0.717, 1.165) is 103 Å². The van der Waals surface area contributed by atoms with Crippen LogP contribution in [0.5, 0.6) is 0 Å². The Morgan fingerprint density at radius 1 is 0.345 bits per heavy atom. The molecule has 2 heterocycles. The largest absolute Gasteiger partial charge is 0.457 e. The van der Waals surface area contributed by atoms with Gasteiger partial charge in [-0.1, -0.05) is 51.4 Å². The normalized spacial score (nSPS) is 37.5. The predicted octanol–water partition coefficient (Wildman–Crippen LogP) is 4.64. The minimum atomic E-state index is -0.715. The van der Waals surface area contributed by atoms with Gasteiger partial charge >= 0.3 is 11.9 Å². The second kappa shape index (κ2) is 24.5. The lowest BCUT2D eigenvalue weighted by atomic mass is 9.94. The molecule has 14 heteroatoms. The molecule has 2 saturated heterocycles. The van der Waals surface area contributed by atoms with Crippen molar-refractivity contribution in [3.63, 3.8) is 0 Å². The number of carbonyl (C=O) groups excluding carboxylic acids is 2. The highest BCUT2D eigenvalue weighted by atomic mass is 16.6. The van der Waals surface area contributed by atoms with Crippen molar-refractivity contribution in [1.29, 1.82) is 0 Å². The zero-order valence-corrected chi connectivity index (χ0v) is 33.0. The monoisotopic (exact) mass is 784 g/mol. The van der Waals surface area contributed by atoms with Crippen molar-refractivity contribution in [3.05, 3.63) is 0 Å². The molecule has 55 heavy (non-hydrogen) atoms. The molecule has 6 rings (SSSR count). The van der Waals surface area contributed by atoms with E-state index in [9.17, 15) is 9.59 Å². The third-order valence-corrected chi connectivity index (χ3v) is 11.7. The molecule has 6 aliphatic rings. The molecule has 0 spiro atoms. The van der Waals surface area contributed by atoms with Gasteiger partial charge in [0.1, 0.15) is 18.6 Å². The predicted molar refractivity (Wildman–Crippen MR) is 198 cm³/mol. The van der Waals surface area contributed by atoms with Gasteiger partial charge in [0.15, 0.2) is 0 Å². The van der Waals surface area contributed by atoms with Crippen molar-refractivity contribution in [2.45, 2.75) is 170 Å². The van der Waals surface area contributed by atoms with Crippen LogP contribution in [0.25, 0.3) is 0 Å². The van der Waals surface area contributed by atoms with Crippen molar-refractivity contribution < 1.29 is 66.4 Å². The quantitative estimate of drug-likeness (QED) is 0.288. The van der Waals surface area contributed by atoms with Crippen LogP contribution in [0, 0.1) is 0 Å². The highest BCUT2D eigenvalue weighted by Crippen LogP contribution is 2.28. The summed E-state index contributed by atoms with van der Waals surface area (Å²) in [4.78, 5) is 26.8. The summed E-state index contributed by atoms with van der Waals surface area (Å²) >= 11 is 0. The summed E-state index contributed by atoms with van der Waals surface area (Å²) in [5.74, 6) is -1.39. The Morgan fingerprint density at radius 2 is 0.582 bits per heavy atom. The average molecular weight is 785 g/mol. The highest BCUT2D eigenvalue weighted by molar-refractivity contribution is 5.91. The van der Waals surface area contributed by atoms with Crippen molar-refractivity contribution in [3.8, 4) is 0 Å². The first-order valence-corrected chi connectivity index (χ1v) is 21.6. The molecule has 0 N–H and O–H groups in total. The summed E-state index contributed by atoms with van der Waals surface area (Å²) in [6.45, 7) is 4.43. The fourth-order valence-corrected chi connectivity index (χ4v) is 8.74. The first-order chi connectivity index (χ1) is 27.1. The van der Waals surface area contributed by atoms with E-state index >= 15 is 0 Å². The first-order valence-electron chi connectivity index (χ1n) is 21.6. The Labute approximate surface area is 327 Å². The lowest BCUT2D eigenvalue weighted by Gasteiger charge is -2.35. The molecule has 0 aromatic rings. The summed E-state index contributed by atoms with van der Waals surface area (Å²) in [5.41, 5.74) is 0. The Bertz CT molecular complexity index is 949. The van der Waals surface area contributed by atoms with E-state index in [4.69, 9.17) is 56.8 Å². The van der Waals surface area contributed by atoms with E-state index in [2.05, 4.69) is 0 Å². The SMILES string of the molecule is O=C(CC(=O)OC1COC2CCCCC2OCCOCCOC2CCCCC2OC1)OC1COC2CCCCC2OCCOCCOC2CCCCC2OC1.